The van der Waals surface area contributed by atoms with Crippen molar-refractivity contribution < 1.29 is 4.79 Å². The van der Waals surface area contributed by atoms with Gasteiger partial charge in [0, 0.05) is 27.6 Å². The van der Waals surface area contributed by atoms with Crippen molar-refractivity contribution in [2.75, 3.05) is 31.9 Å². The van der Waals surface area contributed by atoms with Crippen LogP contribution in [0, 0.1) is 0 Å². The highest BCUT2D eigenvalue weighted by molar-refractivity contribution is 9.10. The molecule has 1 aromatic carbocycles. The summed E-state index contributed by atoms with van der Waals surface area (Å²) >= 11 is 4.87. The number of nitrogens with zero attached hydrogens (tertiary/aromatic N) is 1. The van der Waals surface area contributed by atoms with Crippen LogP contribution in [-0.2, 0) is 0 Å². The molecule has 1 aromatic heterocycles. The molecule has 0 aliphatic rings. The van der Waals surface area contributed by atoms with Gasteiger partial charge < -0.3 is 16.0 Å². The van der Waals surface area contributed by atoms with Gasteiger partial charge in [-0.15, -0.1) is 11.3 Å². The summed E-state index contributed by atoms with van der Waals surface area (Å²) < 4.78 is 2.01. The Hall–Kier alpha value is -1.11. The minimum absolute atomic E-state index is 0.0861. The van der Waals surface area contributed by atoms with Gasteiger partial charge in [0.05, 0.1) is 5.69 Å². The quantitative estimate of drug-likeness (QED) is 0.820. The Morgan fingerprint density at radius 1 is 1.38 bits per heavy atom. The number of hydrogen-bond donors (Lipinski definition) is 2. The van der Waals surface area contributed by atoms with Gasteiger partial charge >= 0.3 is 0 Å². The van der Waals surface area contributed by atoms with Crippen molar-refractivity contribution in [3.05, 3.63) is 27.5 Å². The number of hydrogen-bond acceptors (Lipinski definition) is 4. The minimum Gasteiger partial charge on any atom is -0.397 e. The Morgan fingerprint density at radius 3 is 2.76 bits per heavy atom. The first kappa shape index (κ1) is 16.3. The fourth-order valence-electron chi connectivity index (χ4n) is 2.21. The van der Waals surface area contributed by atoms with Gasteiger partial charge in [0.15, 0.2) is 0 Å². The number of carbonyl (C=O) groups is 1. The topological polar surface area (TPSA) is 58.4 Å². The Labute approximate surface area is 137 Å². The van der Waals surface area contributed by atoms with Crippen LogP contribution in [0.3, 0.4) is 0 Å². The third-order valence-corrected chi connectivity index (χ3v) is 5.17. The molecule has 0 atom stereocenters. The Bertz CT molecular complexity index is 637. The van der Waals surface area contributed by atoms with Crippen molar-refractivity contribution in [3.8, 4) is 0 Å². The second kappa shape index (κ2) is 7.24. The SMILES string of the molecule is CCN(CC)CCNC(=O)c1sc2cc(Br)ccc2c1N. The molecule has 6 heteroatoms. The molecule has 3 N–H and O–H groups in total. The number of amides is 1. The van der Waals surface area contributed by atoms with E-state index in [0.717, 1.165) is 34.2 Å². The van der Waals surface area contributed by atoms with E-state index in [2.05, 4.69) is 40.0 Å². The van der Waals surface area contributed by atoms with E-state index in [1.165, 1.54) is 11.3 Å². The van der Waals surface area contributed by atoms with Gasteiger partial charge in [-0.25, -0.2) is 0 Å². The number of anilines is 1. The first-order valence-corrected chi connectivity index (χ1v) is 8.65. The lowest BCUT2D eigenvalue weighted by atomic mass is 10.2. The lowest BCUT2D eigenvalue weighted by Crippen LogP contribution is -2.34. The predicted octanol–water partition coefficient (Wildman–Crippen LogP) is 3.32. The zero-order valence-electron chi connectivity index (χ0n) is 12.3. The number of rotatable bonds is 6. The molecule has 2 rings (SSSR count). The van der Waals surface area contributed by atoms with Crippen LogP contribution in [0.15, 0.2) is 22.7 Å². The third-order valence-electron chi connectivity index (χ3n) is 3.50. The summed E-state index contributed by atoms with van der Waals surface area (Å²) in [5.74, 6) is -0.0861. The summed E-state index contributed by atoms with van der Waals surface area (Å²) in [6.07, 6.45) is 0. The fourth-order valence-corrected chi connectivity index (χ4v) is 3.80. The largest absolute Gasteiger partial charge is 0.397 e. The maximum atomic E-state index is 12.3. The molecule has 0 radical (unpaired) electrons. The van der Waals surface area contributed by atoms with Gasteiger partial charge in [-0.1, -0.05) is 35.8 Å². The lowest BCUT2D eigenvalue weighted by molar-refractivity contribution is 0.0954. The van der Waals surface area contributed by atoms with Gasteiger partial charge in [0.25, 0.3) is 5.91 Å². The summed E-state index contributed by atoms with van der Waals surface area (Å²) in [5.41, 5.74) is 6.67. The minimum atomic E-state index is -0.0861. The summed E-state index contributed by atoms with van der Waals surface area (Å²) in [4.78, 5) is 15.1. The molecular formula is C15H20BrN3OS. The zero-order valence-corrected chi connectivity index (χ0v) is 14.7. The van der Waals surface area contributed by atoms with Crippen LogP contribution >= 0.6 is 27.3 Å². The van der Waals surface area contributed by atoms with Crippen molar-refractivity contribution in [2.24, 2.45) is 0 Å². The molecule has 0 aliphatic heterocycles. The monoisotopic (exact) mass is 369 g/mol. The molecule has 0 saturated heterocycles. The average molecular weight is 370 g/mol. The van der Waals surface area contributed by atoms with Crippen LogP contribution in [0.2, 0.25) is 0 Å². The molecule has 4 nitrogen and oxygen atoms in total. The molecule has 2 aromatic rings. The molecular weight excluding hydrogens is 350 g/mol. The van der Waals surface area contributed by atoms with Gasteiger partial charge in [-0.3, -0.25) is 4.79 Å². The van der Waals surface area contributed by atoms with Crippen molar-refractivity contribution >= 4 is 48.9 Å². The highest BCUT2D eigenvalue weighted by Gasteiger charge is 2.16. The van der Waals surface area contributed by atoms with E-state index in [4.69, 9.17) is 5.73 Å². The Morgan fingerprint density at radius 2 is 2.10 bits per heavy atom. The number of nitrogen functional groups attached to an aromatic ring is 1. The number of likely N-dealkylation sites (N-methyl/N-ethyl adjacent to an activating group) is 1. The number of carbonyl (C=O) groups excluding carboxylic acids is 1. The molecule has 114 valence electrons. The second-order valence-electron chi connectivity index (χ2n) is 4.77. The number of nitrogens with two attached hydrogens (primary N) is 1. The second-order valence-corrected chi connectivity index (χ2v) is 6.74. The number of halogens is 1. The first-order chi connectivity index (χ1) is 10.1. The zero-order chi connectivity index (χ0) is 15.4. The molecule has 1 amide bonds. The van der Waals surface area contributed by atoms with Gasteiger partial charge in [0.2, 0.25) is 0 Å². The third kappa shape index (κ3) is 3.75. The molecule has 0 fully saturated rings. The normalized spacial score (nSPS) is 11.2. The summed E-state index contributed by atoms with van der Waals surface area (Å²) in [6, 6.07) is 5.87. The Balaban J connectivity index is 2.07. The first-order valence-electron chi connectivity index (χ1n) is 7.04. The number of nitrogens with one attached hydrogen (secondary N) is 1. The van der Waals surface area contributed by atoms with E-state index in [-0.39, 0.29) is 5.91 Å². The maximum Gasteiger partial charge on any atom is 0.263 e. The highest BCUT2D eigenvalue weighted by Crippen LogP contribution is 2.35. The van der Waals surface area contributed by atoms with Crippen molar-refractivity contribution in [1.29, 1.82) is 0 Å². The van der Waals surface area contributed by atoms with Crippen molar-refractivity contribution in [2.45, 2.75) is 13.8 Å². The molecule has 21 heavy (non-hydrogen) atoms. The molecule has 0 bridgehead atoms. The number of benzene rings is 1. The highest BCUT2D eigenvalue weighted by atomic mass is 79.9. The lowest BCUT2D eigenvalue weighted by Gasteiger charge is -2.17. The summed E-state index contributed by atoms with van der Waals surface area (Å²) in [6.45, 7) is 7.71. The predicted molar refractivity (Wildman–Crippen MR) is 94.1 cm³/mol. The average Bonchev–Trinajstić information content (AvgIpc) is 2.80. The smallest absolute Gasteiger partial charge is 0.263 e. The number of fused-ring (bicyclic) bond motifs is 1. The van der Waals surface area contributed by atoms with Crippen LogP contribution in [-0.4, -0.2) is 37.0 Å². The van der Waals surface area contributed by atoms with E-state index >= 15 is 0 Å². The van der Waals surface area contributed by atoms with Gasteiger partial charge in [-0.2, -0.15) is 0 Å². The van der Waals surface area contributed by atoms with E-state index < -0.39 is 0 Å². The molecule has 0 aliphatic carbocycles. The van der Waals surface area contributed by atoms with Crippen LogP contribution < -0.4 is 11.1 Å². The summed E-state index contributed by atoms with van der Waals surface area (Å²) in [7, 11) is 0. The van der Waals surface area contributed by atoms with Gasteiger partial charge in [-0.05, 0) is 25.2 Å². The van der Waals surface area contributed by atoms with Gasteiger partial charge in [0.1, 0.15) is 4.88 Å². The molecule has 1 heterocycles. The summed E-state index contributed by atoms with van der Waals surface area (Å²) in [5, 5.41) is 3.89. The molecule has 0 spiro atoms. The Kier molecular flexibility index (Phi) is 5.61. The van der Waals surface area contributed by atoms with Crippen LogP contribution in [0.5, 0.6) is 0 Å². The molecule has 0 saturated carbocycles. The van der Waals surface area contributed by atoms with Crippen molar-refractivity contribution in [1.82, 2.24) is 10.2 Å². The van der Waals surface area contributed by atoms with E-state index in [0.29, 0.717) is 17.1 Å². The molecule has 0 unspecified atom stereocenters. The van der Waals surface area contributed by atoms with E-state index in [9.17, 15) is 4.79 Å². The number of thiophene rings is 1. The van der Waals surface area contributed by atoms with Crippen LogP contribution in [0.4, 0.5) is 5.69 Å². The van der Waals surface area contributed by atoms with E-state index in [1.807, 2.05) is 18.2 Å². The standard InChI is InChI=1S/C15H20BrN3OS/c1-3-19(4-2)8-7-18-15(20)14-13(17)11-6-5-10(16)9-12(11)21-14/h5-6,9H,3-4,7-8,17H2,1-2H3,(H,18,20). The van der Waals surface area contributed by atoms with E-state index in [1.54, 1.807) is 0 Å². The fraction of sp³-hybridized carbons (Fsp3) is 0.400. The maximum absolute atomic E-state index is 12.3. The van der Waals surface area contributed by atoms with Crippen LogP contribution in [0.1, 0.15) is 23.5 Å². The van der Waals surface area contributed by atoms with Crippen molar-refractivity contribution in [3.63, 3.8) is 0 Å². The van der Waals surface area contributed by atoms with Crippen LogP contribution in [0.25, 0.3) is 10.1 Å².